The zero-order valence-electron chi connectivity index (χ0n) is 15.0. The molecule has 0 N–H and O–H groups in total. The molecule has 0 spiro atoms. The molecule has 0 unspecified atom stereocenters. The van der Waals surface area contributed by atoms with Crippen molar-refractivity contribution >= 4 is 44.5 Å². The third-order valence-corrected chi connectivity index (χ3v) is 6.00. The maximum atomic E-state index is 13.3. The lowest BCUT2D eigenvalue weighted by atomic mass is 10.1. The lowest BCUT2D eigenvalue weighted by molar-refractivity contribution is -0.150. The first-order valence-corrected chi connectivity index (χ1v) is 9.77. The van der Waals surface area contributed by atoms with Crippen molar-refractivity contribution in [3.8, 4) is 0 Å². The summed E-state index contributed by atoms with van der Waals surface area (Å²) in [5.74, 6) is -1.91. The summed E-state index contributed by atoms with van der Waals surface area (Å²) in [5.41, 5.74) is 1.32. The van der Waals surface area contributed by atoms with Gasteiger partial charge in [-0.3, -0.25) is 19.3 Å². The Morgan fingerprint density at radius 2 is 1.83 bits per heavy atom. The van der Waals surface area contributed by atoms with E-state index < -0.39 is 24.3 Å². The maximum Gasteiger partial charge on any atom is 0.326 e. The molecule has 1 saturated heterocycles. The molecule has 1 aromatic heterocycles. The molecule has 2 aliphatic heterocycles. The molecule has 2 amide bonds. The van der Waals surface area contributed by atoms with Crippen molar-refractivity contribution in [3.05, 3.63) is 59.4 Å². The van der Waals surface area contributed by atoms with Gasteiger partial charge in [-0.25, -0.2) is 9.37 Å². The molecule has 3 heterocycles. The van der Waals surface area contributed by atoms with Crippen LogP contribution >= 0.6 is 11.3 Å². The highest BCUT2D eigenvalue weighted by Crippen LogP contribution is 2.32. The first-order chi connectivity index (χ1) is 14.0. The van der Waals surface area contributed by atoms with Gasteiger partial charge in [0.15, 0.2) is 5.13 Å². The molecule has 0 radical (unpaired) electrons. The van der Waals surface area contributed by atoms with E-state index in [1.807, 2.05) is 4.90 Å². The second-order valence-corrected chi connectivity index (χ2v) is 7.88. The van der Waals surface area contributed by atoms with Crippen molar-refractivity contribution in [1.29, 1.82) is 0 Å². The number of imide groups is 1. The first-order valence-electron chi connectivity index (χ1n) is 8.95. The number of ether oxygens (including phenoxy) is 1. The number of halogens is 1. The number of thiazole rings is 1. The number of rotatable bonds is 4. The SMILES string of the molecule is O=C(CN1C(=O)c2ccccc2C1=O)OC1CN(c2nc3ccc(F)cc3s2)C1. The van der Waals surface area contributed by atoms with Gasteiger partial charge in [0.2, 0.25) is 0 Å². The number of benzene rings is 2. The largest absolute Gasteiger partial charge is 0.457 e. The third-order valence-electron chi connectivity index (χ3n) is 4.92. The Bertz CT molecular complexity index is 1140. The highest BCUT2D eigenvalue weighted by Gasteiger charge is 2.38. The summed E-state index contributed by atoms with van der Waals surface area (Å²) in [5, 5.41) is 0.734. The fourth-order valence-electron chi connectivity index (χ4n) is 3.43. The standard InChI is InChI=1S/C20H14FN3O4S/c21-11-5-6-15-16(7-11)29-20(22-15)23-8-12(9-23)28-17(25)10-24-18(26)13-3-1-2-4-14(13)19(24)27/h1-7,12H,8-10H2. The Labute approximate surface area is 168 Å². The lowest BCUT2D eigenvalue weighted by Crippen LogP contribution is -2.53. The van der Waals surface area contributed by atoms with Crippen LogP contribution in [-0.4, -0.2) is 53.4 Å². The van der Waals surface area contributed by atoms with Crippen LogP contribution in [0.3, 0.4) is 0 Å². The second-order valence-electron chi connectivity index (χ2n) is 6.87. The zero-order valence-corrected chi connectivity index (χ0v) is 15.8. The minimum Gasteiger partial charge on any atom is -0.457 e. The van der Waals surface area contributed by atoms with Gasteiger partial charge >= 0.3 is 5.97 Å². The number of anilines is 1. The Balaban J connectivity index is 1.18. The van der Waals surface area contributed by atoms with Gasteiger partial charge in [-0.2, -0.15) is 0 Å². The number of nitrogens with zero attached hydrogens (tertiary/aromatic N) is 3. The highest BCUT2D eigenvalue weighted by molar-refractivity contribution is 7.22. The van der Waals surface area contributed by atoms with Crippen molar-refractivity contribution in [2.24, 2.45) is 0 Å². The van der Waals surface area contributed by atoms with E-state index in [0.29, 0.717) is 24.2 Å². The number of aromatic nitrogens is 1. The molecule has 5 rings (SSSR count). The fraction of sp³-hybridized carbons (Fsp3) is 0.200. The predicted octanol–water partition coefficient (Wildman–Crippen LogP) is 2.46. The molecule has 3 aromatic rings. The van der Waals surface area contributed by atoms with Crippen LogP contribution in [0.2, 0.25) is 0 Å². The summed E-state index contributed by atoms with van der Waals surface area (Å²) in [7, 11) is 0. The van der Waals surface area contributed by atoms with E-state index in [9.17, 15) is 18.8 Å². The number of amides is 2. The molecule has 146 valence electrons. The van der Waals surface area contributed by atoms with Gasteiger partial charge in [-0.15, -0.1) is 0 Å². The monoisotopic (exact) mass is 411 g/mol. The van der Waals surface area contributed by atoms with Crippen LogP contribution in [0.25, 0.3) is 10.2 Å². The van der Waals surface area contributed by atoms with Crippen LogP contribution < -0.4 is 4.90 Å². The topological polar surface area (TPSA) is 79.8 Å². The van der Waals surface area contributed by atoms with Crippen LogP contribution in [0.4, 0.5) is 9.52 Å². The van der Waals surface area contributed by atoms with E-state index in [0.717, 1.165) is 20.2 Å². The van der Waals surface area contributed by atoms with Crippen LogP contribution in [0.1, 0.15) is 20.7 Å². The molecule has 2 aliphatic rings. The quantitative estimate of drug-likeness (QED) is 0.485. The summed E-state index contributed by atoms with van der Waals surface area (Å²) in [6, 6.07) is 10.9. The summed E-state index contributed by atoms with van der Waals surface area (Å²) in [4.78, 5) is 44.1. The Morgan fingerprint density at radius 1 is 1.14 bits per heavy atom. The van der Waals surface area contributed by atoms with E-state index in [-0.39, 0.29) is 11.9 Å². The Kier molecular flexibility index (Phi) is 4.06. The van der Waals surface area contributed by atoms with Gasteiger partial charge in [-0.05, 0) is 30.3 Å². The molecule has 0 aliphatic carbocycles. The molecule has 29 heavy (non-hydrogen) atoms. The average molecular weight is 411 g/mol. The minimum atomic E-state index is -0.629. The minimum absolute atomic E-state index is 0.299. The normalized spacial score (nSPS) is 16.3. The van der Waals surface area contributed by atoms with Gasteiger partial charge in [0.25, 0.3) is 11.8 Å². The van der Waals surface area contributed by atoms with Crippen molar-refractivity contribution in [3.63, 3.8) is 0 Å². The second kappa shape index (κ2) is 6.63. The number of esters is 1. The number of carbonyl (C=O) groups excluding carboxylic acids is 3. The third kappa shape index (κ3) is 3.03. The first kappa shape index (κ1) is 17.7. The Hall–Kier alpha value is -3.33. The predicted molar refractivity (Wildman–Crippen MR) is 103 cm³/mol. The molecule has 9 heteroatoms. The number of hydrogen-bond acceptors (Lipinski definition) is 7. The van der Waals surface area contributed by atoms with Gasteiger partial charge in [0, 0.05) is 0 Å². The zero-order chi connectivity index (χ0) is 20.1. The van der Waals surface area contributed by atoms with E-state index in [4.69, 9.17) is 4.74 Å². The molecule has 0 atom stereocenters. The average Bonchev–Trinajstić information content (AvgIpc) is 3.19. The number of fused-ring (bicyclic) bond motifs is 2. The van der Waals surface area contributed by atoms with E-state index in [2.05, 4.69) is 4.98 Å². The van der Waals surface area contributed by atoms with E-state index >= 15 is 0 Å². The summed E-state index contributed by atoms with van der Waals surface area (Å²) in [6.07, 6.45) is -0.346. The van der Waals surface area contributed by atoms with Gasteiger partial charge in [0.05, 0.1) is 34.4 Å². The maximum absolute atomic E-state index is 13.3. The smallest absolute Gasteiger partial charge is 0.326 e. The molecule has 0 saturated carbocycles. The molecule has 1 fully saturated rings. The highest BCUT2D eigenvalue weighted by atomic mass is 32.1. The number of carbonyl (C=O) groups is 3. The van der Waals surface area contributed by atoms with Crippen molar-refractivity contribution in [1.82, 2.24) is 9.88 Å². The molecular weight excluding hydrogens is 397 g/mol. The van der Waals surface area contributed by atoms with Crippen molar-refractivity contribution in [2.75, 3.05) is 24.5 Å². The van der Waals surface area contributed by atoms with Gasteiger partial charge in [0.1, 0.15) is 18.5 Å². The number of hydrogen-bond donors (Lipinski definition) is 0. The van der Waals surface area contributed by atoms with Gasteiger partial charge < -0.3 is 9.64 Å². The summed E-state index contributed by atoms with van der Waals surface area (Å²) in [6.45, 7) is 0.496. The summed E-state index contributed by atoms with van der Waals surface area (Å²) >= 11 is 1.37. The Morgan fingerprint density at radius 3 is 2.52 bits per heavy atom. The molecule has 0 bridgehead atoms. The van der Waals surface area contributed by atoms with Crippen LogP contribution in [0.15, 0.2) is 42.5 Å². The van der Waals surface area contributed by atoms with Gasteiger partial charge in [-0.1, -0.05) is 23.5 Å². The van der Waals surface area contributed by atoms with E-state index in [1.54, 1.807) is 30.3 Å². The molecule has 2 aromatic carbocycles. The van der Waals surface area contributed by atoms with E-state index in [1.165, 1.54) is 23.5 Å². The lowest BCUT2D eigenvalue weighted by Gasteiger charge is -2.38. The van der Waals surface area contributed by atoms with Crippen LogP contribution in [-0.2, 0) is 9.53 Å². The molecular formula is C20H14FN3O4S. The fourth-order valence-corrected chi connectivity index (χ4v) is 4.43. The van der Waals surface area contributed by atoms with Crippen molar-refractivity contribution < 1.29 is 23.5 Å². The summed E-state index contributed by atoms with van der Waals surface area (Å²) < 4.78 is 19.4. The van der Waals surface area contributed by atoms with Crippen LogP contribution in [0, 0.1) is 5.82 Å². The van der Waals surface area contributed by atoms with Crippen LogP contribution in [0.5, 0.6) is 0 Å². The van der Waals surface area contributed by atoms with Crippen molar-refractivity contribution in [2.45, 2.75) is 6.10 Å². The molecule has 7 nitrogen and oxygen atoms in total.